The van der Waals surface area contributed by atoms with Gasteiger partial charge in [-0.15, -0.1) is 11.3 Å². The zero-order valence-corrected chi connectivity index (χ0v) is 13.7. The highest BCUT2D eigenvalue weighted by Crippen LogP contribution is 2.20. The second-order valence-electron chi connectivity index (χ2n) is 5.18. The van der Waals surface area contributed by atoms with Crippen LogP contribution < -0.4 is 10.6 Å². The Kier molecular flexibility index (Phi) is 6.31. The van der Waals surface area contributed by atoms with Gasteiger partial charge in [0.25, 0.3) is 0 Å². The molecule has 0 aliphatic carbocycles. The maximum absolute atomic E-state index is 11.8. The van der Waals surface area contributed by atoms with Crippen molar-refractivity contribution in [3.8, 4) is 0 Å². The van der Waals surface area contributed by atoms with Crippen LogP contribution in [0.4, 0.5) is 0 Å². The van der Waals surface area contributed by atoms with E-state index in [0.717, 1.165) is 10.4 Å². The molecular formula is C17H20N2O3S. The second kappa shape index (κ2) is 8.45. The lowest BCUT2D eigenvalue weighted by Gasteiger charge is -2.14. The van der Waals surface area contributed by atoms with Crippen molar-refractivity contribution in [3.63, 3.8) is 0 Å². The van der Waals surface area contributed by atoms with Crippen LogP contribution in [0.1, 0.15) is 35.9 Å². The number of hydrogen-bond donors (Lipinski definition) is 3. The molecule has 2 rings (SSSR count). The standard InChI is InChI=1S/C17H20N2O3S/c1-12(13-6-3-2-4-7-13)19-17(22)16(21)18-10-9-14(20)15-8-5-11-23-15/h2-8,11-12,14,20H,9-10H2,1H3,(H,18,21)(H,19,22)/t12-,14-/m1/s1. The summed E-state index contributed by atoms with van der Waals surface area (Å²) in [4.78, 5) is 24.5. The highest BCUT2D eigenvalue weighted by molar-refractivity contribution is 7.10. The van der Waals surface area contributed by atoms with Gasteiger partial charge in [0.1, 0.15) is 0 Å². The second-order valence-corrected chi connectivity index (χ2v) is 6.16. The Morgan fingerprint density at radius 2 is 1.87 bits per heavy atom. The molecule has 0 aliphatic heterocycles. The van der Waals surface area contributed by atoms with Gasteiger partial charge in [-0.05, 0) is 30.4 Å². The van der Waals surface area contributed by atoms with E-state index >= 15 is 0 Å². The van der Waals surface area contributed by atoms with Gasteiger partial charge in [0.15, 0.2) is 0 Å². The molecule has 1 aromatic carbocycles. The SMILES string of the molecule is C[C@@H](NC(=O)C(=O)NCC[C@@H](O)c1cccs1)c1ccccc1. The molecule has 0 bridgehead atoms. The van der Waals surface area contributed by atoms with Crippen molar-refractivity contribution in [2.75, 3.05) is 6.54 Å². The normalized spacial score (nSPS) is 13.1. The van der Waals surface area contributed by atoms with Crippen molar-refractivity contribution < 1.29 is 14.7 Å². The summed E-state index contributed by atoms with van der Waals surface area (Å²) in [5.74, 6) is -1.36. The Balaban J connectivity index is 1.74. The molecule has 1 heterocycles. The number of carbonyl (C=O) groups is 2. The summed E-state index contributed by atoms with van der Waals surface area (Å²) in [6, 6.07) is 12.9. The lowest BCUT2D eigenvalue weighted by Crippen LogP contribution is -2.41. The Hall–Kier alpha value is -2.18. The molecule has 0 unspecified atom stereocenters. The summed E-state index contributed by atoms with van der Waals surface area (Å²) in [6.07, 6.45) is -0.255. The number of aliphatic hydroxyl groups excluding tert-OH is 1. The zero-order valence-electron chi connectivity index (χ0n) is 12.9. The summed E-state index contributed by atoms with van der Waals surface area (Å²) in [5.41, 5.74) is 0.932. The van der Waals surface area contributed by atoms with Crippen LogP contribution in [0.25, 0.3) is 0 Å². The molecule has 2 aromatic rings. The summed E-state index contributed by atoms with van der Waals surface area (Å²) in [6.45, 7) is 2.06. The lowest BCUT2D eigenvalue weighted by molar-refractivity contribution is -0.139. The van der Waals surface area contributed by atoms with Crippen LogP contribution in [-0.4, -0.2) is 23.5 Å². The smallest absolute Gasteiger partial charge is 0.309 e. The molecule has 0 spiro atoms. The fraction of sp³-hybridized carbons (Fsp3) is 0.294. The van der Waals surface area contributed by atoms with Crippen LogP contribution in [0.15, 0.2) is 47.8 Å². The largest absolute Gasteiger partial charge is 0.388 e. The molecule has 1 aromatic heterocycles. The van der Waals surface area contributed by atoms with Crippen molar-refractivity contribution in [2.45, 2.75) is 25.5 Å². The van der Waals surface area contributed by atoms with Gasteiger partial charge in [0.2, 0.25) is 0 Å². The van der Waals surface area contributed by atoms with Gasteiger partial charge in [-0.2, -0.15) is 0 Å². The number of amides is 2. The first kappa shape index (κ1) is 17.2. The van der Waals surface area contributed by atoms with Crippen LogP contribution in [0.2, 0.25) is 0 Å². The molecular weight excluding hydrogens is 312 g/mol. The third-order valence-electron chi connectivity index (χ3n) is 3.43. The van der Waals surface area contributed by atoms with Gasteiger partial charge in [-0.25, -0.2) is 0 Å². The minimum atomic E-state index is -0.689. The molecule has 2 amide bonds. The molecule has 122 valence electrons. The number of hydrogen-bond acceptors (Lipinski definition) is 4. The number of aliphatic hydroxyl groups is 1. The quantitative estimate of drug-likeness (QED) is 0.709. The van der Waals surface area contributed by atoms with Gasteiger partial charge < -0.3 is 15.7 Å². The number of thiophene rings is 1. The van der Waals surface area contributed by atoms with E-state index in [9.17, 15) is 14.7 Å². The van der Waals surface area contributed by atoms with E-state index < -0.39 is 17.9 Å². The van der Waals surface area contributed by atoms with Crippen molar-refractivity contribution in [2.24, 2.45) is 0 Å². The van der Waals surface area contributed by atoms with Crippen LogP contribution >= 0.6 is 11.3 Å². The monoisotopic (exact) mass is 332 g/mol. The molecule has 5 nitrogen and oxygen atoms in total. The first-order valence-electron chi connectivity index (χ1n) is 7.43. The Labute approximate surface area is 139 Å². The van der Waals surface area contributed by atoms with Gasteiger partial charge in [0, 0.05) is 11.4 Å². The van der Waals surface area contributed by atoms with Gasteiger partial charge in [0.05, 0.1) is 12.1 Å². The number of rotatable bonds is 6. The number of carbonyl (C=O) groups excluding carboxylic acids is 2. The lowest BCUT2D eigenvalue weighted by atomic mass is 10.1. The molecule has 0 saturated carbocycles. The summed E-state index contributed by atoms with van der Waals surface area (Å²) < 4.78 is 0. The van der Waals surface area contributed by atoms with E-state index in [4.69, 9.17) is 0 Å². The fourth-order valence-corrected chi connectivity index (χ4v) is 2.86. The maximum atomic E-state index is 11.8. The van der Waals surface area contributed by atoms with Crippen LogP contribution in [0, 0.1) is 0 Å². The highest BCUT2D eigenvalue weighted by atomic mass is 32.1. The van der Waals surface area contributed by atoms with E-state index in [1.807, 2.05) is 54.8 Å². The summed E-state index contributed by atoms with van der Waals surface area (Å²) in [7, 11) is 0. The summed E-state index contributed by atoms with van der Waals surface area (Å²) in [5, 5.41) is 17.0. The van der Waals surface area contributed by atoms with E-state index in [0.29, 0.717) is 6.42 Å². The molecule has 0 aliphatic rings. The fourth-order valence-electron chi connectivity index (χ4n) is 2.11. The van der Waals surface area contributed by atoms with E-state index in [1.165, 1.54) is 11.3 Å². The predicted octanol–water partition coefficient (Wildman–Crippen LogP) is 2.17. The Morgan fingerprint density at radius 3 is 2.52 bits per heavy atom. The van der Waals surface area contributed by atoms with Crippen molar-refractivity contribution >= 4 is 23.2 Å². The van der Waals surface area contributed by atoms with Gasteiger partial charge in [-0.1, -0.05) is 36.4 Å². The molecule has 6 heteroatoms. The molecule has 0 radical (unpaired) electrons. The predicted molar refractivity (Wildman–Crippen MR) is 89.9 cm³/mol. The topological polar surface area (TPSA) is 78.4 Å². The van der Waals surface area contributed by atoms with E-state index in [1.54, 1.807) is 0 Å². The molecule has 0 fully saturated rings. The Morgan fingerprint density at radius 1 is 1.13 bits per heavy atom. The third kappa shape index (κ3) is 5.19. The maximum Gasteiger partial charge on any atom is 0.309 e. The Bertz CT molecular complexity index is 629. The van der Waals surface area contributed by atoms with Crippen molar-refractivity contribution in [3.05, 3.63) is 58.3 Å². The first-order valence-corrected chi connectivity index (χ1v) is 8.31. The minimum Gasteiger partial charge on any atom is -0.388 e. The van der Waals surface area contributed by atoms with E-state index in [2.05, 4.69) is 10.6 Å². The third-order valence-corrected chi connectivity index (χ3v) is 4.40. The highest BCUT2D eigenvalue weighted by Gasteiger charge is 2.17. The molecule has 23 heavy (non-hydrogen) atoms. The first-order chi connectivity index (χ1) is 11.1. The number of nitrogens with one attached hydrogen (secondary N) is 2. The average molecular weight is 332 g/mol. The summed E-state index contributed by atoms with van der Waals surface area (Å²) >= 11 is 1.46. The van der Waals surface area contributed by atoms with Gasteiger partial charge in [-0.3, -0.25) is 9.59 Å². The minimum absolute atomic E-state index is 0.241. The van der Waals surface area contributed by atoms with Crippen molar-refractivity contribution in [1.29, 1.82) is 0 Å². The van der Waals surface area contributed by atoms with E-state index in [-0.39, 0.29) is 12.6 Å². The van der Waals surface area contributed by atoms with Crippen LogP contribution in [0.3, 0.4) is 0 Å². The molecule has 0 saturated heterocycles. The van der Waals surface area contributed by atoms with Crippen molar-refractivity contribution in [1.82, 2.24) is 10.6 Å². The van der Waals surface area contributed by atoms with Crippen LogP contribution in [-0.2, 0) is 9.59 Å². The van der Waals surface area contributed by atoms with Crippen LogP contribution in [0.5, 0.6) is 0 Å². The molecule has 2 atom stereocenters. The average Bonchev–Trinajstić information content (AvgIpc) is 3.10. The molecule has 3 N–H and O–H groups in total. The van der Waals surface area contributed by atoms with Gasteiger partial charge >= 0.3 is 11.8 Å². The zero-order chi connectivity index (χ0) is 16.7. The number of benzene rings is 1.